The van der Waals surface area contributed by atoms with E-state index in [1.54, 1.807) is 48.1 Å². The Morgan fingerprint density at radius 2 is 1.71 bits per heavy atom. The number of anilines is 1. The smallest absolute Gasteiger partial charge is 0.342 e. The van der Waals surface area contributed by atoms with Crippen molar-refractivity contribution >= 4 is 42.4 Å². The molecule has 0 aliphatic heterocycles. The number of hydrogen-bond acceptors (Lipinski definition) is 10. The van der Waals surface area contributed by atoms with Crippen molar-refractivity contribution < 1.29 is 43.5 Å². The number of nitrogen functional groups attached to an aromatic ring is 1. The normalized spacial score (nSPS) is 14.2. The molecule has 0 fully saturated rings. The molecule has 0 bridgehead atoms. The van der Waals surface area contributed by atoms with Crippen LogP contribution in [0.25, 0.3) is 11.2 Å². The first kappa shape index (κ1) is 29.9. The van der Waals surface area contributed by atoms with E-state index >= 15 is 0 Å². The number of benzene rings is 1. The molecule has 2 aromatic heterocycles. The molecule has 0 saturated carbocycles. The fourth-order valence-corrected chi connectivity index (χ4v) is 4.62. The summed E-state index contributed by atoms with van der Waals surface area (Å²) in [6.07, 6.45) is 3.30. The van der Waals surface area contributed by atoms with Crippen LogP contribution in [0, 0.1) is 0 Å². The van der Waals surface area contributed by atoms with Gasteiger partial charge in [0.25, 0.3) is 0 Å². The molecule has 3 aromatic rings. The first-order chi connectivity index (χ1) is 17.9. The van der Waals surface area contributed by atoms with Crippen molar-refractivity contribution in [2.75, 3.05) is 12.1 Å². The molecule has 0 radical (unpaired) electrons. The van der Waals surface area contributed by atoms with E-state index < -0.39 is 37.6 Å². The van der Waals surface area contributed by atoms with Gasteiger partial charge in [0.2, 0.25) is 0 Å². The van der Waals surface area contributed by atoms with Crippen molar-refractivity contribution in [3.8, 4) is 5.75 Å². The van der Waals surface area contributed by atoms with Gasteiger partial charge in [-0.05, 0) is 26.0 Å². The van der Waals surface area contributed by atoms with Crippen LogP contribution in [0.15, 0.2) is 55.1 Å². The van der Waals surface area contributed by atoms with Crippen LogP contribution in [0.4, 0.5) is 5.82 Å². The first-order valence-electron chi connectivity index (χ1n) is 10.9. The lowest BCUT2D eigenvalue weighted by atomic mass is 10.3. The third-order valence-corrected chi connectivity index (χ3v) is 6.31. The number of aromatic nitrogens is 4. The van der Waals surface area contributed by atoms with Crippen LogP contribution in [0.3, 0.4) is 0 Å². The van der Waals surface area contributed by atoms with Gasteiger partial charge in [-0.1, -0.05) is 18.2 Å². The molecular formula is C22H27N6O9P. The van der Waals surface area contributed by atoms with Crippen molar-refractivity contribution in [3.63, 3.8) is 0 Å². The first-order valence-corrected chi connectivity index (χ1v) is 12.7. The van der Waals surface area contributed by atoms with E-state index in [-0.39, 0.29) is 12.2 Å². The quantitative estimate of drug-likeness (QED) is 0.160. The fourth-order valence-electron chi connectivity index (χ4n) is 2.82. The highest BCUT2D eigenvalue weighted by Gasteiger charge is 2.31. The Bertz CT molecular complexity index is 1320. The Labute approximate surface area is 216 Å². The van der Waals surface area contributed by atoms with E-state index in [2.05, 4.69) is 20.0 Å². The Balaban J connectivity index is 0.000000550. The zero-order chi connectivity index (χ0) is 28.3. The van der Waals surface area contributed by atoms with Gasteiger partial charge in [0.1, 0.15) is 30.0 Å². The lowest BCUT2D eigenvalue weighted by Gasteiger charge is -2.24. The molecule has 38 heavy (non-hydrogen) atoms. The molecule has 0 amide bonds. The maximum atomic E-state index is 13.3. The molecule has 15 nitrogen and oxygen atoms in total. The molecule has 0 aliphatic rings. The number of aliphatic carboxylic acids is 3. The van der Waals surface area contributed by atoms with Crippen molar-refractivity contribution in [2.45, 2.75) is 32.5 Å². The predicted molar refractivity (Wildman–Crippen MR) is 134 cm³/mol. The van der Waals surface area contributed by atoms with Gasteiger partial charge in [0.15, 0.2) is 11.5 Å². The number of carboxylic acid groups (broad SMARTS) is 3. The molecule has 3 atom stereocenters. The molecule has 0 saturated heterocycles. The van der Waals surface area contributed by atoms with Crippen molar-refractivity contribution in [1.82, 2.24) is 24.6 Å². The summed E-state index contributed by atoms with van der Waals surface area (Å²) in [5.74, 6) is -3.04. The summed E-state index contributed by atoms with van der Waals surface area (Å²) >= 11 is 0. The molecular weight excluding hydrogens is 523 g/mol. The van der Waals surface area contributed by atoms with Gasteiger partial charge in [-0.2, -0.15) is 0 Å². The lowest BCUT2D eigenvalue weighted by Crippen LogP contribution is -2.34. The van der Waals surface area contributed by atoms with Gasteiger partial charge in [0.05, 0.1) is 19.0 Å². The maximum Gasteiger partial charge on any atom is 0.342 e. The highest BCUT2D eigenvalue weighted by Crippen LogP contribution is 2.43. The SMILES string of the molecule is CC(Cn1cnc2c(N)ncnc21)OCP(=O)(NC(C)C(=O)O)Oc1ccccc1.O=C(O)/C=C/C(=O)O. The zero-order valence-corrected chi connectivity index (χ0v) is 21.3. The van der Waals surface area contributed by atoms with Gasteiger partial charge in [-0.15, -0.1) is 0 Å². The second-order valence-electron chi connectivity index (χ2n) is 7.71. The van der Waals surface area contributed by atoms with Crippen LogP contribution < -0.4 is 15.3 Å². The number of para-hydroxylation sites is 1. The van der Waals surface area contributed by atoms with Crippen LogP contribution in [0.1, 0.15) is 13.8 Å². The Morgan fingerprint density at radius 3 is 2.29 bits per heavy atom. The summed E-state index contributed by atoms with van der Waals surface area (Å²) < 4.78 is 26.4. The molecule has 0 aliphatic carbocycles. The van der Waals surface area contributed by atoms with Crippen LogP contribution in [0.2, 0.25) is 0 Å². The molecule has 3 unspecified atom stereocenters. The number of nitrogens with two attached hydrogens (primary N) is 1. The summed E-state index contributed by atoms with van der Waals surface area (Å²) in [5, 5.41) is 27.3. The topological polar surface area (TPSA) is 229 Å². The van der Waals surface area contributed by atoms with Gasteiger partial charge in [-0.3, -0.25) is 9.36 Å². The van der Waals surface area contributed by atoms with Crippen molar-refractivity contribution in [3.05, 3.63) is 55.1 Å². The minimum Gasteiger partial charge on any atom is -0.480 e. The van der Waals surface area contributed by atoms with Crippen molar-refractivity contribution in [1.29, 1.82) is 0 Å². The second kappa shape index (κ2) is 13.8. The summed E-state index contributed by atoms with van der Waals surface area (Å²) in [5.41, 5.74) is 6.83. The fraction of sp³-hybridized carbons (Fsp3) is 0.273. The Hall–Kier alpha value is -4.33. The number of carboxylic acids is 3. The van der Waals surface area contributed by atoms with E-state index in [4.69, 9.17) is 25.2 Å². The van der Waals surface area contributed by atoms with Gasteiger partial charge < -0.3 is 34.9 Å². The third kappa shape index (κ3) is 9.61. The summed E-state index contributed by atoms with van der Waals surface area (Å²) in [7, 11) is -3.67. The molecule has 6 N–H and O–H groups in total. The zero-order valence-electron chi connectivity index (χ0n) is 20.4. The molecule has 3 rings (SSSR count). The second-order valence-corrected chi connectivity index (χ2v) is 9.76. The largest absolute Gasteiger partial charge is 0.480 e. The lowest BCUT2D eigenvalue weighted by molar-refractivity contribution is -0.138. The number of nitrogens with one attached hydrogen (secondary N) is 1. The van der Waals surface area contributed by atoms with E-state index in [1.807, 2.05) is 0 Å². The minimum absolute atomic E-state index is 0.278. The standard InChI is InChI=1S/C18H23N6O5P.C4H4O4/c1-12(8-24-10-22-15-16(19)20-9-21-17(15)24)28-11-30(27,23-13(2)18(25)26)29-14-6-4-3-5-7-14;5-3(6)1-2-4(7)8/h3-7,9-10,12-13H,8,11H2,1-2H3,(H,23,27)(H,25,26)(H2,19,20,21);1-2H,(H,5,6)(H,7,8)/b;2-1+. The molecule has 204 valence electrons. The number of hydrogen-bond donors (Lipinski definition) is 5. The Kier molecular flexibility index (Phi) is 10.9. The monoisotopic (exact) mass is 550 g/mol. The van der Waals surface area contributed by atoms with Crippen LogP contribution >= 0.6 is 7.52 Å². The van der Waals surface area contributed by atoms with Gasteiger partial charge in [0, 0.05) is 12.2 Å². The van der Waals surface area contributed by atoms with Crippen molar-refractivity contribution in [2.24, 2.45) is 0 Å². The average molecular weight is 550 g/mol. The molecule has 2 heterocycles. The number of carbonyl (C=O) groups is 3. The molecule has 0 spiro atoms. The van der Waals surface area contributed by atoms with E-state index in [9.17, 15) is 24.1 Å². The number of imidazole rings is 1. The van der Waals surface area contributed by atoms with Crippen LogP contribution in [-0.4, -0.2) is 71.2 Å². The maximum absolute atomic E-state index is 13.3. The summed E-state index contributed by atoms with van der Waals surface area (Å²) in [6.45, 7) is 3.52. The highest BCUT2D eigenvalue weighted by molar-refractivity contribution is 7.57. The highest BCUT2D eigenvalue weighted by atomic mass is 31.2. The van der Waals surface area contributed by atoms with E-state index in [0.29, 0.717) is 35.6 Å². The average Bonchev–Trinajstić information content (AvgIpc) is 3.26. The summed E-state index contributed by atoms with van der Waals surface area (Å²) in [6, 6.07) is 7.41. The minimum atomic E-state index is -3.67. The van der Waals surface area contributed by atoms with Crippen LogP contribution in [0.5, 0.6) is 5.75 Å². The van der Waals surface area contributed by atoms with Gasteiger partial charge in [-0.25, -0.2) is 29.6 Å². The number of fused-ring (bicyclic) bond motifs is 1. The molecule has 1 aromatic carbocycles. The van der Waals surface area contributed by atoms with Crippen LogP contribution in [-0.2, 0) is 30.2 Å². The van der Waals surface area contributed by atoms with E-state index in [0.717, 1.165) is 0 Å². The third-order valence-electron chi connectivity index (χ3n) is 4.54. The molecule has 16 heteroatoms. The predicted octanol–water partition coefficient (Wildman–Crippen LogP) is 1.82. The van der Waals surface area contributed by atoms with E-state index in [1.165, 1.54) is 13.3 Å². The number of ether oxygens (including phenoxy) is 1. The van der Waals surface area contributed by atoms with Gasteiger partial charge >= 0.3 is 25.4 Å². The Morgan fingerprint density at radius 1 is 1.08 bits per heavy atom. The number of nitrogens with zero attached hydrogens (tertiary/aromatic N) is 4. The number of rotatable bonds is 12. The summed E-state index contributed by atoms with van der Waals surface area (Å²) in [4.78, 5) is 42.6.